The van der Waals surface area contributed by atoms with Gasteiger partial charge in [0.2, 0.25) is 0 Å². The summed E-state index contributed by atoms with van der Waals surface area (Å²) in [6, 6.07) is 4.10. The Kier molecular flexibility index (Phi) is 3.48. The molecule has 0 N–H and O–H groups in total. The van der Waals surface area contributed by atoms with E-state index in [1.807, 2.05) is 19.2 Å². The van der Waals surface area contributed by atoms with Gasteiger partial charge < -0.3 is 0 Å². The summed E-state index contributed by atoms with van der Waals surface area (Å²) in [7, 11) is 0. The van der Waals surface area contributed by atoms with Crippen molar-refractivity contribution in [1.29, 1.82) is 0 Å². The molecule has 0 bridgehead atoms. The summed E-state index contributed by atoms with van der Waals surface area (Å²) in [6.07, 6.45) is 3.96. The summed E-state index contributed by atoms with van der Waals surface area (Å²) in [5, 5.41) is 0.905. The van der Waals surface area contributed by atoms with Crippen LogP contribution in [-0.2, 0) is 0 Å². The van der Waals surface area contributed by atoms with E-state index in [2.05, 4.69) is 40.0 Å². The number of allylic oxidation sites excluding steroid dienone is 1. The predicted octanol–water partition coefficient (Wildman–Crippen LogP) is 3.19. The van der Waals surface area contributed by atoms with Gasteiger partial charge in [-0.3, -0.25) is 4.98 Å². The molecule has 1 rings (SSSR count). The van der Waals surface area contributed by atoms with Crippen LogP contribution in [0.1, 0.15) is 18.2 Å². The van der Waals surface area contributed by atoms with Crippen LogP contribution in [0.3, 0.4) is 0 Å². The molecule has 1 aromatic heterocycles. The molecule has 0 aromatic carbocycles. The second-order valence-corrected chi connectivity index (χ2v) is 3.45. The minimum absolute atomic E-state index is 0.905. The molecule has 0 amide bonds. The van der Waals surface area contributed by atoms with Gasteiger partial charge in [0.1, 0.15) is 0 Å². The van der Waals surface area contributed by atoms with Gasteiger partial charge in [-0.15, -0.1) is 0 Å². The van der Waals surface area contributed by atoms with Crippen molar-refractivity contribution in [2.75, 3.05) is 5.33 Å². The monoisotopic (exact) mass is 225 g/mol. The lowest BCUT2D eigenvalue weighted by atomic mass is 10.2. The molecule has 0 saturated carbocycles. The highest BCUT2D eigenvalue weighted by molar-refractivity contribution is 9.09. The van der Waals surface area contributed by atoms with Gasteiger partial charge in [-0.25, -0.2) is 0 Å². The molecule has 0 fully saturated rings. The summed E-state index contributed by atoms with van der Waals surface area (Å²) >= 11 is 3.39. The standard InChI is InChI=1S/C10H12BrN/c1-8-3-4-10(12-7-8)5-9(2)6-11/h3-5,7H,6H2,1-2H3/b9-5-. The maximum atomic E-state index is 4.27. The van der Waals surface area contributed by atoms with Crippen molar-refractivity contribution in [3.8, 4) is 0 Å². The highest BCUT2D eigenvalue weighted by Crippen LogP contribution is 2.06. The number of nitrogens with zero attached hydrogens (tertiary/aromatic N) is 1. The second kappa shape index (κ2) is 4.41. The molecular weight excluding hydrogens is 214 g/mol. The largest absolute Gasteiger partial charge is 0.257 e. The molecule has 1 nitrogen and oxygen atoms in total. The SMILES string of the molecule is C/C(=C/c1ccc(C)cn1)CBr. The molecule has 0 aliphatic rings. The van der Waals surface area contributed by atoms with Crippen LogP contribution in [-0.4, -0.2) is 10.3 Å². The number of halogens is 1. The molecular formula is C10H12BrN. The van der Waals surface area contributed by atoms with Gasteiger partial charge >= 0.3 is 0 Å². The lowest BCUT2D eigenvalue weighted by Crippen LogP contribution is -1.83. The van der Waals surface area contributed by atoms with Crippen LogP contribution >= 0.6 is 15.9 Å². The van der Waals surface area contributed by atoms with E-state index in [1.165, 1.54) is 11.1 Å². The maximum Gasteiger partial charge on any atom is 0.0629 e. The quantitative estimate of drug-likeness (QED) is 0.705. The minimum atomic E-state index is 0.905. The van der Waals surface area contributed by atoms with Crippen LogP contribution < -0.4 is 0 Å². The van der Waals surface area contributed by atoms with E-state index < -0.39 is 0 Å². The fourth-order valence-corrected chi connectivity index (χ4v) is 1.02. The summed E-state index contributed by atoms with van der Waals surface area (Å²) in [6.45, 7) is 4.12. The van der Waals surface area contributed by atoms with Crippen molar-refractivity contribution in [1.82, 2.24) is 4.98 Å². The number of aryl methyl sites for hydroxylation is 1. The van der Waals surface area contributed by atoms with Crippen LogP contribution in [0.4, 0.5) is 0 Å². The van der Waals surface area contributed by atoms with E-state index >= 15 is 0 Å². The highest BCUT2D eigenvalue weighted by Gasteiger charge is 1.90. The van der Waals surface area contributed by atoms with Crippen molar-refractivity contribution >= 4 is 22.0 Å². The van der Waals surface area contributed by atoms with Gasteiger partial charge in [0.05, 0.1) is 5.69 Å². The fourth-order valence-electron chi connectivity index (χ4n) is 0.856. The lowest BCUT2D eigenvalue weighted by Gasteiger charge is -1.96. The van der Waals surface area contributed by atoms with E-state index in [-0.39, 0.29) is 0 Å². The zero-order valence-corrected chi connectivity index (χ0v) is 8.93. The van der Waals surface area contributed by atoms with E-state index in [4.69, 9.17) is 0 Å². The fraction of sp³-hybridized carbons (Fsp3) is 0.300. The van der Waals surface area contributed by atoms with Gasteiger partial charge in [-0.1, -0.05) is 27.6 Å². The Morgan fingerprint density at radius 3 is 2.83 bits per heavy atom. The Balaban J connectivity index is 2.84. The summed E-state index contributed by atoms with van der Waals surface area (Å²) in [5.41, 5.74) is 3.51. The Hall–Kier alpha value is -0.630. The number of hydrogen-bond acceptors (Lipinski definition) is 1. The van der Waals surface area contributed by atoms with Crippen molar-refractivity contribution < 1.29 is 0 Å². The van der Waals surface area contributed by atoms with E-state index in [9.17, 15) is 0 Å². The Bertz CT molecular complexity index is 274. The van der Waals surface area contributed by atoms with Crippen LogP contribution in [0.25, 0.3) is 6.08 Å². The first-order chi connectivity index (χ1) is 5.72. The average molecular weight is 226 g/mol. The van der Waals surface area contributed by atoms with E-state index in [0.717, 1.165) is 11.0 Å². The maximum absolute atomic E-state index is 4.27. The first-order valence-corrected chi connectivity index (χ1v) is 5.00. The topological polar surface area (TPSA) is 12.9 Å². The van der Waals surface area contributed by atoms with Gasteiger partial charge in [-0.05, 0) is 31.6 Å². The van der Waals surface area contributed by atoms with Crippen LogP contribution in [0.2, 0.25) is 0 Å². The van der Waals surface area contributed by atoms with Crippen molar-refractivity contribution in [3.63, 3.8) is 0 Å². The minimum Gasteiger partial charge on any atom is -0.257 e. The first kappa shape index (κ1) is 9.46. The third-order valence-electron chi connectivity index (χ3n) is 1.54. The van der Waals surface area contributed by atoms with Gasteiger partial charge in [-0.2, -0.15) is 0 Å². The molecule has 0 atom stereocenters. The molecule has 1 aromatic rings. The molecule has 0 aliphatic heterocycles. The van der Waals surface area contributed by atoms with E-state index in [1.54, 1.807) is 0 Å². The molecule has 12 heavy (non-hydrogen) atoms. The molecule has 1 heterocycles. The number of hydrogen-bond donors (Lipinski definition) is 0. The summed E-state index contributed by atoms with van der Waals surface area (Å²) < 4.78 is 0. The first-order valence-electron chi connectivity index (χ1n) is 3.88. The zero-order chi connectivity index (χ0) is 8.97. The smallest absolute Gasteiger partial charge is 0.0629 e. The van der Waals surface area contributed by atoms with Crippen molar-refractivity contribution in [2.45, 2.75) is 13.8 Å². The molecule has 0 radical (unpaired) electrons. The van der Waals surface area contributed by atoms with Crippen molar-refractivity contribution in [2.24, 2.45) is 0 Å². The molecule has 64 valence electrons. The number of aromatic nitrogens is 1. The van der Waals surface area contributed by atoms with Crippen LogP contribution in [0, 0.1) is 6.92 Å². The lowest BCUT2D eigenvalue weighted by molar-refractivity contribution is 1.24. The zero-order valence-electron chi connectivity index (χ0n) is 7.34. The van der Waals surface area contributed by atoms with E-state index in [0.29, 0.717) is 0 Å². The molecule has 0 unspecified atom stereocenters. The van der Waals surface area contributed by atoms with Crippen LogP contribution in [0.5, 0.6) is 0 Å². The third-order valence-corrected chi connectivity index (χ3v) is 2.42. The summed E-state index contributed by atoms with van der Waals surface area (Å²) in [5.74, 6) is 0. The summed E-state index contributed by atoms with van der Waals surface area (Å²) in [4.78, 5) is 4.27. The van der Waals surface area contributed by atoms with Gasteiger partial charge in [0, 0.05) is 11.5 Å². The highest BCUT2D eigenvalue weighted by atomic mass is 79.9. The molecule has 0 saturated heterocycles. The third kappa shape index (κ3) is 2.78. The number of alkyl halides is 1. The number of rotatable bonds is 2. The average Bonchev–Trinajstić information content (AvgIpc) is 2.09. The Labute approximate surface area is 81.7 Å². The normalized spacial score (nSPS) is 11.8. The Morgan fingerprint density at radius 2 is 2.33 bits per heavy atom. The Morgan fingerprint density at radius 1 is 1.58 bits per heavy atom. The second-order valence-electron chi connectivity index (χ2n) is 2.88. The molecule has 2 heteroatoms. The van der Waals surface area contributed by atoms with Crippen LogP contribution in [0.15, 0.2) is 23.9 Å². The van der Waals surface area contributed by atoms with Gasteiger partial charge in [0.15, 0.2) is 0 Å². The van der Waals surface area contributed by atoms with Crippen molar-refractivity contribution in [3.05, 3.63) is 35.2 Å². The van der Waals surface area contributed by atoms with Gasteiger partial charge in [0.25, 0.3) is 0 Å². The molecule has 0 aliphatic carbocycles. The molecule has 0 spiro atoms. The number of pyridine rings is 1. The predicted molar refractivity (Wildman–Crippen MR) is 56.4 cm³/mol.